The average Bonchev–Trinajstić information content (AvgIpc) is 2.61. The van der Waals surface area contributed by atoms with Crippen molar-refractivity contribution in [3.63, 3.8) is 0 Å². The molecule has 2 aromatic carbocycles. The first kappa shape index (κ1) is 19.9. The highest BCUT2D eigenvalue weighted by atomic mass is 79.9. The van der Waals surface area contributed by atoms with Crippen molar-refractivity contribution in [2.75, 3.05) is 11.9 Å². The summed E-state index contributed by atoms with van der Waals surface area (Å²) in [6.07, 6.45) is 1.04. The van der Waals surface area contributed by atoms with E-state index in [0.717, 1.165) is 10.9 Å². The Bertz CT molecular complexity index is 823. The van der Waals surface area contributed by atoms with E-state index in [1.807, 2.05) is 18.2 Å². The van der Waals surface area contributed by atoms with Crippen LogP contribution >= 0.6 is 15.9 Å². The van der Waals surface area contributed by atoms with Gasteiger partial charge < -0.3 is 10.1 Å². The summed E-state index contributed by atoms with van der Waals surface area (Å²) in [4.78, 5) is 22.6. The van der Waals surface area contributed by atoms with Gasteiger partial charge in [-0.25, -0.2) is 0 Å². The molecule has 138 valence electrons. The summed E-state index contributed by atoms with van der Waals surface area (Å²) in [5, 5.41) is 13.6. The molecule has 0 saturated carbocycles. The molecule has 0 aliphatic rings. The SMILES string of the molecule is CCC(C)c1ccc(OCC(=O)Nc2cccc([N+](=O)[O-])c2C)c(Br)c1. The molecule has 1 N–H and O–H groups in total. The summed E-state index contributed by atoms with van der Waals surface area (Å²) >= 11 is 3.47. The number of nitro benzene ring substituents is 1. The summed E-state index contributed by atoms with van der Waals surface area (Å²) in [5.74, 6) is 0.634. The van der Waals surface area contributed by atoms with E-state index in [1.165, 1.54) is 17.7 Å². The predicted molar refractivity (Wildman–Crippen MR) is 105 cm³/mol. The molecule has 0 bridgehead atoms. The Morgan fingerprint density at radius 3 is 2.69 bits per heavy atom. The Balaban J connectivity index is 2.02. The molecule has 0 radical (unpaired) electrons. The van der Waals surface area contributed by atoms with E-state index in [9.17, 15) is 14.9 Å². The lowest BCUT2D eigenvalue weighted by Gasteiger charge is -2.13. The second-order valence-electron chi connectivity index (χ2n) is 6.04. The van der Waals surface area contributed by atoms with E-state index in [2.05, 4.69) is 35.1 Å². The van der Waals surface area contributed by atoms with Gasteiger partial charge in [-0.05, 0) is 59.0 Å². The predicted octanol–water partition coefficient (Wildman–Crippen LogP) is 5.20. The molecule has 0 aromatic heterocycles. The van der Waals surface area contributed by atoms with E-state index in [-0.39, 0.29) is 18.2 Å². The molecule has 6 nitrogen and oxygen atoms in total. The number of nitrogens with one attached hydrogen (secondary N) is 1. The van der Waals surface area contributed by atoms with Crippen LogP contribution in [0.2, 0.25) is 0 Å². The first-order valence-electron chi connectivity index (χ1n) is 8.29. The summed E-state index contributed by atoms with van der Waals surface area (Å²) in [6, 6.07) is 10.4. The fourth-order valence-electron chi connectivity index (χ4n) is 2.46. The van der Waals surface area contributed by atoms with Crippen LogP contribution in [0.15, 0.2) is 40.9 Å². The van der Waals surface area contributed by atoms with Gasteiger partial charge in [0.05, 0.1) is 20.6 Å². The Morgan fingerprint density at radius 1 is 1.35 bits per heavy atom. The highest BCUT2D eigenvalue weighted by molar-refractivity contribution is 9.10. The molecule has 1 atom stereocenters. The minimum Gasteiger partial charge on any atom is -0.483 e. The van der Waals surface area contributed by atoms with Crippen molar-refractivity contribution in [1.29, 1.82) is 0 Å². The van der Waals surface area contributed by atoms with Crippen molar-refractivity contribution in [1.82, 2.24) is 0 Å². The van der Waals surface area contributed by atoms with E-state index in [4.69, 9.17) is 4.74 Å². The van der Waals surface area contributed by atoms with Crippen LogP contribution in [-0.2, 0) is 4.79 Å². The van der Waals surface area contributed by atoms with Crippen LogP contribution < -0.4 is 10.1 Å². The van der Waals surface area contributed by atoms with Gasteiger partial charge in [0.2, 0.25) is 0 Å². The van der Waals surface area contributed by atoms with Crippen molar-refractivity contribution in [2.24, 2.45) is 0 Å². The molecule has 2 aromatic rings. The number of carbonyl (C=O) groups is 1. The van der Waals surface area contributed by atoms with E-state index in [1.54, 1.807) is 13.0 Å². The lowest BCUT2D eigenvalue weighted by molar-refractivity contribution is -0.385. The van der Waals surface area contributed by atoms with Crippen molar-refractivity contribution < 1.29 is 14.5 Å². The maximum Gasteiger partial charge on any atom is 0.274 e. The van der Waals surface area contributed by atoms with Crippen molar-refractivity contribution in [3.8, 4) is 5.75 Å². The zero-order valence-electron chi connectivity index (χ0n) is 14.9. The molecule has 26 heavy (non-hydrogen) atoms. The number of nitro groups is 1. The molecule has 1 unspecified atom stereocenters. The zero-order valence-corrected chi connectivity index (χ0v) is 16.5. The van der Waals surface area contributed by atoms with E-state index >= 15 is 0 Å². The quantitative estimate of drug-likeness (QED) is 0.492. The fraction of sp³-hybridized carbons (Fsp3) is 0.316. The summed E-state index contributed by atoms with van der Waals surface area (Å²) in [6.45, 7) is 5.68. The van der Waals surface area contributed by atoms with Gasteiger partial charge in [-0.2, -0.15) is 0 Å². The van der Waals surface area contributed by atoms with Crippen LogP contribution in [0.5, 0.6) is 5.75 Å². The van der Waals surface area contributed by atoms with Gasteiger partial charge in [0.1, 0.15) is 5.75 Å². The minimum atomic E-state index is -0.475. The van der Waals surface area contributed by atoms with Gasteiger partial charge in [-0.3, -0.25) is 14.9 Å². The Morgan fingerprint density at radius 2 is 2.08 bits per heavy atom. The molecule has 1 amide bonds. The molecule has 2 rings (SSSR count). The largest absolute Gasteiger partial charge is 0.483 e. The Hall–Kier alpha value is -2.41. The van der Waals surface area contributed by atoms with Crippen molar-refractivity contribution in [2.45, 2.75) is 33.1 Å². The average molecular weight is 421 g/mol. The number of rotatable bonds is 7. The maximum atomic E-state index is 12.1. The van der Waals surface area contributed by atoms with E-state index < -0.39 is 4.92 Å². The van der Waals surface area contributed by atoms with E-state index in [0.29, 0.717) is 22.9 Å². The Kier molecular flexibility index (Phi) is 6.74. The topological polar surface area (TPSA) is 81.5 Å². The lowest BCUT2D eigenvalue weighted by atomic mass is 9.99. The maximum absolute atomic E-state index is 12.1. The number of hydrogen-bond acceptors (Lipinski definition) is 4. The van der Waals surface area contributed by atoms with Gasteiger partial charge >= 0.3 is 0 Å². The first-order valence-corrected chi connectivity index (χ1v) is 9.08. The summed E-state index contributed by atoms with van der Waals surface area (Å²) in [5.41, 5.74) is 1.97. The summed E-state index contributed by atoms with van der Waals surface area (Å²) in [7, 11) is 0. The van der Waals surface area contributed by atoms with Crippen molar-refractivity contribution >= 4 is 33.2 Å². The second kappa shape index (κ2) is 8.80. The molecule has 0 aliphatic carbocycles. The first-order chi connectivity index (χ1) is 12.3. The third kappa shape index (κ3) is 4.82. The normalized spacial score (nSPS) is 11.7. The molecule has 0 aliphatic heterocycles. The molecule has 0 heterocycles. The number of benzene rings is 2. The number of nitrogens with zero attached hydrogens (tertiary/aromatic N) is 1. The number of hydrogen-bond donors (Lipinski definition) is 1. The number of ether oxygens (including phenoxy) is 1. The van der Waals surface area contributed by atoms with Gasteiger partial charge in [-0.1, -0.05) is 26.0 Å². The lowest BCUT2D eigenvalue weighted by Crippen LogP contribution is -2.21. The smallest absolute Gasteiger partial charge is 0.274 e. The van der Waals surface area contributed by atoms with Crippen molar-refractivity contribution in [3.05, 3.63) is 62.1 Å². The van der Waals surface area contributed by atoms with Crippen LogP contribution in [-0.4, -0.2) is 17.4 Å². The van der Waals surface area contributed by atoms with Crippen LogP contribution in [0.1, 0.15) is 37.3 Å². The third-order valence-corrected chi connectivity index (χ3v) is 4.89. The zero-order chi connectivity index (χ0) is 19.3. The molecule has 0 spiro atoms. The number of amides is 1. The molecular weight excluding hydrogens is 400 g/mol. The van der Waals surface area contributed by atoms with Crippen LogP contribution in [0, 0.1) is 17.0 Å². The molecule has 0 fully saturated rings. The van der Waals surface area contributed by atoms with Crippen LogP contribution in [0.3, 0.4) is 0 Å². The number of halogens is 1. The second-order valence-corrected chi connectivity index (χ2v) is 6.90. The molecule has 0 saturated heterocycles. The summed E-state index contributed by atoms with van der Waals surface area (Å²) < 4.78 is 6.35. The highest BCUT2D eigenvalue weighted by Crippen LogP contribution is 2.30. The molecular formula is C19H21BrN2O4. The van der Waals surface area contributed by atoms with Gasteiger partial charge in [0.15, 0.2) is 6.61 Å². The van der Waals surface area contributed by atoms with Crippen LogP contribution in [0.4, 0.5) is 11.4 Å². The third-order valence-electron chi connectivity index (χ3n) is 4.27. The van der Waals surface area contributed by atoms with Gasteiger partial charge in [-0.15, -0.1) is 0 Å². The fourth-order valence-corrected chi connectivity index (χ4v) is 2.97. The minimum absolute atomic E-state index is 0.0351. The van der Waals surface area contributed by atoms with Gasteiger partial charge in [0.25, 0.3) is 11.6 Å². The number of carbonyl (C=O) groups excluding carboxylic acids is 1. The monoisotopic (exact) mass is 420 g/mol. The highest BCUT2D eigenvalue weighted by Gasteiger charge is 2.15. The Labute approximate surface area is 160 Å². The number of anilines is 1. The standard InChI is InChI=1S/C19H21BrN2O4/c1-4-12(2)14-8-9-18(15(20)10-14)26-11-19(23)21-16-6-5-7-17(13(16)3)22(24)25/h5-10,12H,4,11H2,1-3H3,(H,21,23). The van der Waals surface area contributed by atoms with Gasteiger partial charge in [0, 0.05) is 6.07 Å². The van der Waals surface area contributed by atoms with Crippen LogP contribution in [0.25, 0.3) is 0 Å². The molecule has 7 heteroatoms.